The van der Waals surface area contributed by atoms with Crippen molar-refractivity contribution in [1.29, 1.82) is 0 Å². The number of likely N-dealkylation sites (N-methyl/N-ethyl adjacent to an activating group) is 1. The third-order valence-electron chi connectivity index (χ3n) is 3.55. The van der Waals surface area contributed by atoms with Gasteiger partial charge in [-0.3, -0.25) is 0 Å². The Morgan fingerprint density at radius 2 is 1.94 bits per heavy atom. The standard InChI is InChI=1S/C14H21BrN2O/c1-16-7-9-17(10-8-16)6-2-3-12-11-13(18)4-5-14(12)15/h4-5,11,18H,2-3,6-10H2,1H3. The number of nitrogens with zero attached hydrogens (tertiary/aromatic N) is 2. The van der Waals surface area contributed by atoms with Crippen LogP contribution in [0, 0.1) is 0 Å². The first-order valence-electron chi connectivity index (χ1n) is 6.53. The van der Waals surface area contributed by atoms with E-state index in [0.717, 1.165) is 23.9 Å². The highest BCUT2D eigenvalue weighted by molar-refractivity contribution is 9.10. The molecule has 1 saturated heterocycles. The second-order valence-electron chi connectivity index (χ2n) is 5.02. The number of hydrogen-bond acceptors (Lipinski definition) is 3. The molecular weight excluding hydrogens is 292 g/mol. The van der Waals surface area contributed by atoms with Gasteiger partial charge in [-0.15, -0.1) is 0 Å². The Balaban J connectivity index is 1.76. The van der Waals surface area contributed by atoms with Gasteiger partial charge in [-0.1, -0.05) is 15.9 Å². The SMILES string of the molecule is CN1CCN(CCCc2cc(O)ccc2Br)CC1. The zero-order valence-electron chi connectivity index (χ0n) is 10.9. The number of phenolic OH excluding ortho intramolecular Hbond substituents is 1. The number of phenols is 1. The number of piperazine rings is 1. The molecule has 0 saturated carbocycles. The van der Waals surface area contributed by atoms with Crippen LogP contribution in [-0.2, 0) is 6.42 Å². The van der Waals surface area contributed by atoms with Crippen LogP contribution in [0.15, 0.2) is 22.7 Å². The number of aryl methyl sites for hydroxylation is 1. The van der Waals surface area contributed by atoms with Crippen LogP contribution in [0.4, 0.5) is 0 Å². The highest BCUT2D eigenvalue weighted by Crippen LogP contribution is 2.23. The maximum Gasteiger partial charge on any atom is 0.115 e. The third-order valence-corrected chi connectivity index (χ3v) is 4.32. The van der Waals surface area contributed by atoms with Crippen LogP contribution in [0.5, 0.6) is 5.75 Å². The van der Waals surface area contributed by atoms with E-state index in [1.54, 1.807) is 6.07 Å². The van der Waals surface area contributed by atoms with Crippen LogP contribution >= 0.6 is 15.9 Å². The summed E-state index contributed by atoms with van der Waals surface area (Å²) in [4.78, 5) is 4.90. The molecule has 1 heterocycles. The zero-order valence-corrected chi connectivity index (χ0v) is 12.5. The lowest BCUT2D eigenvalue weighted by Crippen LogP contribution is -2.44. The minimum absolute atomic E-state index is 0.354. The fraction of sp³-hybridized carbons (Fsp3) is 0.571. The van der Waals surface area contributed by atoms with E-state index in [2.05, 4.69) is 32.8 Å². The fourth-order valence-corrected chi connectivity index (χ4v) is 2.76. The molecule has 0 amide bonds. The molecule has 0 radical (unpaired) electrons. The Hall–Kier alpha value is -0.580. The van der Waals surface area contributed by atoms with Gasteiger partial charge in [0.25, 0.3) is 0 Å². The summed E-state index contributed by atoms with van der Waals surface area (Å²) in [6.45, 7) is 5.86. The molecule has 3 nitrogen and oxygen atoms in total. The summed E-state index contributed by atoms with van der Waals surface area (Å²) in [7, 11) is 2.18. The topological polar surface area (TPSA) is 26.7 Å². The van der Waals surface area contributed by atoms with Crippen molar-refractivity contribution in [3.05, 3.63) is 28.2 Å². The predicted molar refractivity (Wildman–Crippen MR) is 78.1 cm³/mol. The van der Waals surface area contributed by atoms with Crippen molar-refractivity contribution < 1.29 is 5.11 Å². The van der Waals surface area contributed by atoms with Crippen molar-refractivity contribution in [2.24, 2.45) is 0 Å². The second-order valence-corrected chi connectivity index (χ2v) is 5.88. The minimum atomic E-state index is 0.354. The van der Waals surface area contributed by atoms with Gasteiger partial charge >= 0.3 is 0 Å². The lowest BCUT2D eigenvalue weighted by atomic mass is 10.1. The number of hydrogen-bond donors (Lipinski definition) is 1. The molecule has 0 unspecified atom stereocenters. The van der Waals surface area contributed by atoms with Crippen molar-refractivity contribution in [3.63, 3.8) is 0 Å². The van der Waals surface area contributed by atoms with Crippen LogP contribution in [0.2, 0.25) is 0 Å². The Morgan fingerprint density at radius 1 is 1.22 bits per heavy atom. The van der Waals surface area contributed by atoms with Crippen LogP contribution in [0.3, 0.4) is 0 Å². The maximum absolute atomic E-state index is 9.48. The lowest BCUT2D eigenvalue weighted by Gasteiger charge is -2.32. The van der Waals surface area contributed by atoms with Crippen molar-refractivity contribution in [1.82, 2.24) is 9.80 Å². The summed E-state index contributed by atoms with van der Waals surface area (Å²) in [5.41, 5.74) is 1.20. The van der Waals surface area contributed by atoms with E-state index >= 15 is 0 Å². The number of aromatic hydroxyl groups is 1. The quantitative estimate of drug-likeness (QED) is 0.924. The number of halogens is 1. The maximum atomic E-state index is 9.48. The molecule has 0 bridgehead atoms. The lowest BCUT2D eigenvalue weighted by molar-refractivity contribution is 0.153. The van der Waals surface area contributed by atoms with Crippen molar-refractivity contribution >= 4 is 15.9 Å². The van der Waals surface area contributed by atoms with Crippen molar-refractivity contribution in [2.45, 2.75) is 12.8 Å². The summed E-state index contributed by atoms with van der Waals surface area (Å²) < 4.78 is 1.10. The Labute approximate surface area is 118 Å². The van der Waals surface area contributed by atoms with Gasteiger partial charge in [-0.2, -0.15) is 0 Å². The molecule has 0 aromatic heterocycles. The summed E-state index contributed by atoms with van der Waals surface area (Å²) in [6.07, 6.45) is 2.16. The molecule has 2 rings (SSSR count). The first-order valence-corrected chi connectivity index (χ1v) is 7.33. The van der Waals surface area contributed by atoms with Crippen LogP contribution in [0.1, 0.15) is 12.0 Å². The molecular formula is C14H21BrN2O. The van der Waals surface area contributed by atoms with Crippen molar-refractivity contribution in [3.8, 4) is 5.75 Å². The molecule has 0 spiro atoms. The molecule has 0 atom stereocenters. The largest absolute Gasteiger partial charge is 0.508 e. The Bertz CT molecular complexity index is 389. The minimum Gasteiger partial charge on any atom is -0.508 e. The highest BCUT2D eigenvalue weighted by Gasteiger charge is 2.13. The summed E-state index contributed by atoms with van der Waals surface area (Å²) in [5.74, 6) is 0.354. The molecule has 1 N–H and O–H groups in total. The average molecular weight is 313 g/mol. The predicted octanol–water partition coefficient (Wildman–Crippen LogP) is 2.33. The second kappa shape index (κ2) is 6.55. The van der Waals surface area contributed by atoms with Crippen molar-refractivity contribution in [2.75, 3.05) is 39.8 Å². The van der Waals surface area contributed by atoms with E-state index in [4.69, 9.17) is 0 Å². The van der Waals surface area contributed by atoms with E-state index in [1.165, 1.54) is 31.7 Å². The molecule has 100 valence electrons. The molecule has 4 heteroatoms. The van der Waals surface area contributed by atoms with Crippen LogP contribution in [-0.4, -0.2) is 54.7 Å². The summed E-state index contributed by atoms with van der Waals surface area (Å²) in [6, 6.07) is 5.49. The number of rotatable bonds is 4. The van der Waals surface area contributed by atoms with Gasteiger partial charge in [0, 0.05) is 30.7 Å². The van der Waals surface area contributed by atoms with Gasteiger partial charge in [0.1, 0.15) is 5.75 Å². The Kier molecular flexibility index (Phi) is 5.03. The van der Waals surface area contributed by atoms with Crippen LogP contribution < -0.4 is 0 Å². The molecule has 1 aliphatic rings. The molecule has 1 aromatic carbocycles. The smallest absolute Gasteiger partial charge is 0.115 e. The fourth-order valence-electron chi connectivity index (χ4n) is 2.32. The van der Waals surface area contributed by atoms with Gasteiger partial charge in [-0.25, -0.2) is 0 Å². The van der Waals surface area contributed by atoms with Gasteiger partial charge in [0.05, 0.1) is 0 Å². The normalized spacial score (nSPS) is 18.1. The van der Waals surface area contributed by atoms with E-state index in [-0.39, 0.29) is 0 Å². The van der Waals surface area contributed by atoms with Crippen LogP contribution in [0.25, 0.3) is 0 Å². The molecule has 0 aliphatic carbocycles. The van der Waals surface area contributed by atoms with Gasteiger partial charge < -0.3 is 14.9 Å². The van der Waals surface area contributed by atoms with E-state index in [1.807, 2.05) is 12.1 Å². The average Bonchev–Trinajstić information content (AvgIpc) is 2.36. The molecule has 1 fully saturated rings. The van der Waals surface area contributed by atoms with Gasteiger partial charge in [0.15, 0.2) is 0 Å². The van der Waals surface area contributed by atoms with Gasteiger partial charge in [-0.05, 0) is 50.2 Å². The first-order chi connectivity index (χ1) is 8.65. The van der Waals surface area contributed by atoms with E-state index in [9.17, 15) is 5.11 Å². The molecule has 1 aromatic rings. The Morgan fingerprint density at radius 3 is 2.67 bits per heavy atom. The molecule has 1 aliphatic heterocycles. The molecule has 18 heavy (non-hydrogen) atoms. The highest BCUT2D eigenvalue weighted by atomic mass is 79.9. The van der Waals surface area contributed by atoms with E-state index in [0.29, 0.717) is 5.75 Å². The third kappa shape index (κ3) is 3.97. The monoisotopic (exact) mass is 312 g/mol. The first kappa shape index (κ1) is 13.8. The zero-order chi connectivity index (χ0) is 13.0. The number of benzene rings is 1. The van der Waals surface area contributed by atoms with Gasteiger partial charge in [0.2, 0.25) is 0 Å². The van der Waals surface area contributed by atoms with E-state index < -0.39 is 0 Å². The summed E-state index contributed by atoms with van der Waals surface area (Å²) >= 11 is 3.53. The summed E-state index contributed by atoms with van der Waals surface area (Å²) in [5, 5.41) is 9.48.